The number of carbonyl (C=O) groups excluding carboxylic acids is 2. The Morgan fingerprint density at radius 2 is 1.84 bits per heavy atom. The average molecular weight is 448 g/mol. The molecular formula is C25H25N3O3S. The minimum atomic E-state index is -0.307. The number of hydrogen-bond donors (Lipinski definition) is 0. The topological polar surface area (TPSA) is 62.7 Å². The van der Waals surface area contributed by atoms with Crippen LogP contribution < -0.4 is 0 Å². The van der Waals surface area contributed by atoms with Gasteiger partial charge in [-0.2, -0.15) is 0 Å². The monoisotopic (exact) mass is 447 g/mol. The van der Waals surface area contributed by atoms with Crippen molar-refractivity contribution in [3.63, 3.8) is 0 Å². The summed E-state index contributed by atoms with van der Waals surface area (Å²) >= 11 is 1.71. The molecule has 0 N–H and O–H groups in total. The van der Waals surface area contributed by atoms with Gasteiger partial charge in [-0.3, -0.25) is 4.79 Å². The fraction of sp³-hybridized carbons (Fsp3) is 0.320. The van der Waals surface area contributed by atoms with Crippen molar-refractivity contribution in [2.75, 3.05) is 32.8 Å². The van der Waals surface area contributed by atoms with E-state index in [2.05, 4.69) is 17.5 Å². The van der Waals surface area contributed by atoms with Gasteiger partial charge in [-0.25, -0.2) is 9.78 Å². The highest BCUT2D eigenvalue weighted by molar-refractivity contribution is 7.10. The minimum Gasteiger partial charge on any atom is -0.450 e. The third-order valence-corrected chi connectivity index (χ3v) is 6.93. The Morgan fingerprint density at radius 3 is 2.59 bits per heavy atom. The number of piperazine rings is 1. The van der Waals surface area contributed by atoms with Gasteiger partial charge >= 0.3 is 6.09 Å². The molecule has 6 nitrogen and oxygen atoms in total. The number of allylic oxidation sites excluding steroid dienone is 1. The number of carbonyl (C=O) groups is 2. The average Bonchev–Trinajstić information content (AvgIpc) is 3.48. The van der Waals surface area contributed by atoms with Gasteiger partial charge in [-0.05, 0) is 54.5 Å². The summed E-state index contributed by atoms with van der Waals surface area (Å²) in [4.78, 5) is 35.5. The fourth-order valence-electron chi connectivity index (χ4n) is 4.53. The van der Waals surface area contributed by atoms with Crippen LogP contribution in [-0.4, -0.2) is 59.6 Å². The summed E-state index contributed by atoms with van der Waals surface area (Å²) in [6, 6.07) is 12.0. The van der Waals surface area contributed by atoms with E-state index in [1.807, 2.05) is 35.2 Å². The third-order valence-electron chi connectivity index (χ3n) is 6.11. The lowest BCUT2D eigenvalue weighted by atomic mass is 9.99. The summed E-state index contributed by atoms with van der Waals surface area (Å²) < 4.78 is 5.10. The molecule has 32 heavy (non-hydrogen) atoms. The van der Waals surface area contributed by atoms with Crippen LogP contribution in [0.25, 0.3) is 22.6 Å². The highest BCUT2D eigenvalue weighted by Gasteiger charge is 2.31. The SMILES string of the molecule is CCOC(=O)N1CCN(C(=O)c2c3c(nc4ccccc24)/C(=C/c2cccs2)CC3)CC1. The molecule has 0 radical (unpaired) electrons. The number of benzene rings is 1. The maximum Gasteiger partial charge on any atom is 0.409 e. The van der Waals surface area contributed by atoms with Crippen LogP contribution in [-0.2, 0) is 11.2 Å². The van der Waals surface area contributed by atoms with Crippen molar-refractivity contribution in [2.45, 2.75) is 19.8 Å². The number of amides is 2. The molecule has 0 saturated carbocycles. The van der Waals surface area contributed by atoms with Gasteiger partial charge in [-0.1, -0.05) is 24.3 Å². The Hall–Kier alpha value is -3.19. The molecule has 2 aromatic heterocycles. The molecule has 164 valence electrons. The predicted molar refractivity (Wildman–Crippen MR) is 127 cm³/mol. The highest BCUT2D eigenvalue weighted by atomic mass is 32.1. The van der Waals surface area contributed by atoms with Crippen LogP contribution in [0.3, 0.4) is 0 Å². The van der Waals surface area contributed by atoms with Gasteiger partial charge < -0.3 is 14.5 Å². The highest BCUT2D eigenvalue weighted by Crippen LogP contribution is 2.38. The Labute approximate surface area is 191 Å². The number of para-hydroxylation sites is 1. The summed E-state index contributed by atoms with van der Waals surface area (Å²) in [6.07, 6.45) is 3.59. The lowest BCUT2D eigenvalue weighted by Gasteiger charge is -2.34. The van der Waals surface area contributed by atoms with Gasteiger partial charge in [0.05, 0.1) is 23.4 Å². The Morgan fingerprint density at radius 1 is 1.06 bits per heavy atom. The molecule has 3 heterocycles. The van der Waals surface area contributed by atoms with Crippen LogP contribution in [0.4, 0.5) is 4.79 Å². The molecule has 1 saturated heterocycles. The molecule has 2 aliphatic rings. The van der Waals surface area contributed by atoms with E-state index in [1.54, 1.807) is 23.2 Å². The molecule has 0 unspecified atom stereocenters. The molecule has 1 aliphatic carbocycles. The van der Waals surface area contributed by atoms with Crippen molar-refractivity contribution in [3.05, 3.63) is 63.5 Å². The summed E-state index contributed by atoms with van der Waals surface area (Å²) in [7, 11) is 0. The zero-order valence-electron chi connectivity index (χ0n) is 18.0. The number of fused-ring (bicyclic) bond motifs is 2. The van der Waals surface area contributed by atoms with Crippen LogP contribution in [0.2, 0.25) is 0 Å². The van der Waals surface area contributed by atoms with Crippen molar-refractivity contribution < 1.29 is 14.3 Å². The number of hydrogen-bond acceptors (Lipinski definition) is 5. The van der Waals surface area contributed by atoms with Crippen molar-refractivity contribution in [3.8, 4) is 0 Å². The second-order valence-corrected chi connectivity index (χ2v) is 8.97. The number of nitrogens with zero attached hydrogens (tertiary/aromatic N) is 3. The first-order valence-corrected chi connectivity index (χ1v) is 11.9. The Kier molecular flexibility index (Phi) is 5.66. The number of aromatic nitrogens is 1. The van der Waals surface area contributed by atoms with Crippen LogP contribution in [0, 0.1) is 0 Å². The van der Waals surface area contributed by atoms with Crippen LogP contribution in [0.15, 0.2) is 41.8 Å². The molecule has 0 bridgehead atoms. The van der Waals surface area contributed by atoms with E-state index in [0.29, 0.717) is 32.8 Å². The van der Waals surface area contributed by atoms with Crippen molar-refractivity contribution in [2.24, 2.45) is 0 Å². The molecule has 2 amide bonds. The maximum absolute atomic E-state index is 13.7. The Balaban J connectivity index is 1.49. The van der Waals surface area contributed by atoms with E-state index in [-0.39, 0.29) is 12.0 Å². The molecule has 3 aromatic rings. The third kappa shape index (κ3) is 3.77. The molecule has 1 aromatic carbocycles. The van der Waals surface area contributed by atoms with Gasteiger partial charge in [0, 0.05) is 36.4 Å². The van der Waals surface area contributed by atoms with E-state index in [4.69, 9.17) is 9.72 Å². The molecule has 7 heteroatoms. The van der Waals surface area contributed by atoms with Gasteiger partial charge in [0.15, 0.2) is 0 Å². The van der Waals surface area contributed by atoms with E-state index < -0.39 is 0 Å². The van der Waals surface area contributed by atoms with Gasteiger partial charge in [-0.15, -0.1) is 11.3 Å². The number of pyridine rings is 1. The zero-order chi connectivity index (χ0) is 22.1. The van der Waals surface area contributed by atoms with Crippen molar-refractivity contribution in [1.29, 1.82) is 0 Å². The number of thiophene rings is 1. The first-order valence-electron chi connectivity index (χ1n) is 11.0. The number of rotatable bonds is 3. The summed E-state index contributed by atoms with van der Waals surface area (Å²) in [5.74, 6) is 0.0285. The molecule has 0 spiro atoms. The molecule has 1 aliphatic heterocycles. The molecule has 1 fully saturated rings. The van der Waals surface area contributed by atoms with E-state index in [1.165, 1.54) is 10.5 Å². The van der Waals surface area contributed by atoms with E-state index in [9.17, 15) is 9.59 Å². The van der Waals surface area contributed by atoms with Gasteiger partial charge in [0.2, 0.25) is 0 Å². The molecule has 0 atom stereocenters. The van der Waals surface area contributed by atoms with Crippen molar-refractivity contribution in [1.82, 2.24) is 14.8 Å². The van der Waals surface area contributed by atoms with Crippen LogP contribution >= 0.6 is 11.3 Å². The van der Waals surface area contributed by atoms with Crippen LogP contribution in [0.1, 0.15) is 39.8 Å². The van der Waals surface area contributed by atoms with E-state index >= 15 is 0 Å². The van der Waals surface area contributed by atoms with Gasteiger partial charge in [0.25, 0.3) is 5.91 Å². The molecular weight excluding hydrogens is 422 g/mol. The first-order chi connectivity index (χ1) is 15.7. The summed E-state index contributed by atoms with van der Waals surface area (Å²) in [5, 5.41) is 2.97. The zero-order valence-corrected chi connectivity index (χ0v) is 18.9. The quantitative estimate of drug-likeness (QED) is 0.584. The lowest BCUT2D eigenvalue weighted by Crippen LogP contribution is -2.50. The smallest absolute Gasteiger partial charge is 0.409 e. The normalized spacial score (nSPS) is 17.1. The largest absolute Gasteiger partial charge is 0.450 e. The second kappa shape index (κ2) is 8.74. The fourth-order valence-corrected chi connectivity index (χ4v) is 5.22. The first kappa shape index (κ1) is 20.7. The van der Waals surface area contributed by atoms with E-state index in [0.717, 1.165) is 40.6 Å². The lowest BCUT2D eigenvalue weighted by molar-refractivity contribution is 0.0571. The minimum absolute atomic E-state index is 0.0285. The standard InChI is InChI=1S/C25H25N3O3S/c1-2-31-25(30)28-13-11-27(12-14-28)24(29)22-19-7-3-4-8-21(19)26-23-17(9-10-20(22)23)16-18-6-5-15-32-18/h3-8,15-16H,2,9-14H2,1H3/b17-16+. The van der Waals surface area contributed by atoms with Gasteiger partial charge in [0.1, 0.15) is 0 Å². The Bertz CT molecular complexity index is 1190. The number of ether oxygens (including phenoxy) is 1. The summed E-state index contributed by atoms with van der Waals surface area (Å²) in [6.45, 7) is 4.13. The maximum atomic E-state index is 13.7. The van der Waals surface area contributed by atoms with Crippen LogP contribution in [0.5, 0.6) is 0 Å². The second-order valence-electron chi connectivity index (χ2n) is 7.99. The predicted octanol–water partition coefficient (Wildman–Crippen LogP) is 4.70. The molecule has 5 rings (SSSR count). The summed E-state index contributed by atoms with van der Waals surface area (Å²) in [5.41, 5.74) is 4.80. The van der Waals surface area contributed by atoms with Crippen molar-refractivity contribution >= 4 is 45.9 Å².